The molecule has 0 N–H and O–H groups in total. The van der Waals surface area contributed by atoms with Crippen molar-refractivity contribution in [3.8, 4) is 17.0 Å². The zero-order valence-corrected chi connectivity index (χ0v) is 24.2. The number of pyridine rings is 2. The van der Waals surface area contributed by atoms with Crippen molar-refractivity contribution < 1.29 is 23.8 Å². The van der Waals surface area contributed by atoms with Crippen LogP contribution in [0.2, 0.25) is 0 Å². The topological polar surface area (TPSA) is 126 Å². The number of carbonyl (C=O) groups excluding carboxylic acids is 2. The normalized spacial score (nSPS) is 17.3. The van der Waals surface area contributed by atoms with Gasteiger partial charge in [0.1, 0.15) is 17.1 Å². The van der Waals surface area contributed by atoms with Crippen LogP contribution in [0.4, 0.5) is 10.6 Å². The first-order chi connectivity index (χ1) is 19.5. The van der Waals surface area contributed by atoms with E-state index in [2.05, 4.69) is 15.1 Å². The van der Waals surface area contributed by atoms with Gasteiger partial charge in [-0.3, -0.25) is 14.3 Å². The number of hydrogen-bond acceptors (Lipinski definition) is 9. The second-order valence-corrected chi connectivity index (χ2v) is 11.2. The van der Waals surface area contributed by atoms with E-state index in [1.165, 1.54) is 12.0 Å². The number of carbonyl (C=O) groups is 2. The van der Waals surface area contributed by atoms with E-state index in [-0.39, 0.29) is 17.8 Å². The van der Waals surface area contributed by atoms with E-state index in [1.54, 1.807) is 42.5 Å². The van der Waals surface area contributed by atoms with Gasteiger partial charge in [0, 0.05) is 49.7 Å². The number of rotatable bonds is 6. The summed E-state index contributed by atoms with van der Waals surface area (Å²) in [7, 11) is 4.84. The maximum atomic E-state index is 12.8. The van der Waals surface area contributed by atoms with Crippen LogP contribution in [0.25, 0.3) is 22.2 Å². The molecule has 1 fully saturated rings. The number of nitrogens with zero attached hydrogens (tertiary/aromatic N) is 7. The molecular formula is C29H35N7O5. The van der Waals surface area contributed by atoms with Crippen LogP contribution in [-0.2, 0) is 16.5 Å². The van der Waals surface area contributed by atoms with Gasteiger partial charge in [-0.1, -0.05) is 0 Å². The summed E-state index contributed by atoms with van der Waals surface area (Å²) in [5, 5.41) is 10.2. The first-order valence-corrected chi connectivity index (χ1v) is 13.6. The fraction of sp³-hybridized carbons (Fsp3) is 0.448. The minimum Gasteiger partial charge on any atom is -0.488 e. The van der Waals surface area contributed by atoms with Gasteiger partial charge in [0.25, 0.3) is 0 Å². The molecule has 41 heavy (non-hydrogen) atoms. The van der Waals surface area contributed by atoms with E-state index in [9.17, 15) is 9.59 Å². The molecule has 0 saturated heterocycles. The highest BCUT2D eigenvalue weighted by atomic mass is 16.6. The van der Waals surface area contributed by atoms with E-state index >= 15 is 0 Å². The zero-order chi connectivity index (χ0) is 29.3. The summed E-state index contributed by atoms with van der Waals surface area (Å²) in [6, 6.07) is 5.46. The molecular weight excluding hydrogens is 526 g/mol. The summed E-state index contributed by atoms with van der Waals surface area (Å²) in [4.78, 5) is 35.0. The highest BCUT2D eigenvalue weighted by molar-refractivity contribution is 5.96. The molecule has 1 saturated carbocycles. The monoisotopic (exact) mass is 561 g/mol. The van der Waals surface area contributed by atoms with Crippen molar-refractivity contribution in [2.75, 3.05) is 19.1 Å². The van der Waals surface area contributed by atoms with Gasteiger partial charge in [0.2, 0.25) is 0 Å². The smallest absolute Gasteiger partial charge is 0.415 e. The summed E-state index contributed by atoms with van der Waals surface area (Å²) in [5.74, 6) is 0.364. The standard InChI is InChI=1S/C29H35N7O5/c1-29(2,3)41-28(38)35(5)24-14-22-21(16-31-24)25(18-15-32-34(4)17-18)33-36(22)19-9-11-20(12-10-19)40-23-8-7-13-30-26(23)27(37)39-6/h7-8,13-17,19-20H,9-12H2,1-6H3. The Labute approximate surface area is 238 Å². The van der Waals surface area contributed by atoms with Crippen LogP contribution in [0.5, 0.6) is 5.75 Å². The third-order valence-corrected chi connectivity index (χ3v) is 7.00. The molecule has 0 aliphatic heterocycles. The molecule has 1 aliphatic carbocycles. The van der Waals surface area contributed by atoms with E-state index in [1.807, 2.05) is 44.8 Å². The molecule has 4 aromatic heterocycles. The highest BCUT2D eigenvalue weighted by Crippen LogP contribution is 2.37. The van der Waals surface area contributed by atoms with Gasteiger partial charge in [0.15, 0.2) is 11.4 Å². The van der Waals surface area contributed by atoms with Crippen LogP contribution < -0.4 is 9.64 Å². The molecule has 0 aromatic carbocycles. The minimum absolute atomic E-state index is 0.0750. The van der Waals surface area contributed by atoms with E-state index < -0.39 is 17.7 Å². The van der Waals surface area contributed by atoms with Crippen LogP contribution in [0.15, 0.2) is 43.0 Å². The van der Waals surface area contributed by atoms with Gasteiger partial charge < -0.3 is 14.2 Å². The fourth-order valence-corrected chi connectivity index (χ4v) is 4.99. The number of methoxy groups -OCH3 is 1. The first-order valence-electron chi connectivity index (χ1n) is 13.6. The lowest BCUT2D eigenvalue weighted by molar-refractivity contribution is 0.0573. The quantitative estimate of drug-likeness (QED) is 0.301. The van der Waals surface area contributed by atoms with Crippen LogP contribution in [0, 0.1) is 0 Å². The van der Waals surface area contributed by atoms with Crippen molar-refractivity contribution in [3.05, 3.63) is 48.7 Å². The molecule has 216 valence electrons. The van der Waals surface area contributed by atoms with Crippen LogP contribution >= 0.6 is 0 Å². The van der Waals surface area contributed by atoms with E-state index in [4.69, 9.17) is 19.3 Å². The Hall–Kier alpha value is -4.48. The average molecular weight is 562 g/mol. The maximum Gasteiger partial charge on any atom is 0.415 e. The fourth-order valence-electron chi connectivity index (χ4n) is 4.99. The van der Waals surface area contributed by atoms with Crippen molar-refractivity contribution in [3.63, 3.8) is 0 Å². The molecule has 0 unspecified atom stereocenters. The van der Waals surface area contributed by atoms with Crippen molar-refractivity contribution in [2.24, 2.45) is 7.05 Å². The van der Waals surface area contributed by atoms with Gasteiger partial charge in [0.05, 0.1) is 31.0 Å². The van der Waals surface area contributed by atoms with Gasteiger partial charge >= 0.3 is 12.1 Å². The molecule has 4 aromatic rings. The number of aryl methyl sites for hydroxylation is 1. The number of aromatic nitrogens is 6. The predicted molar refractivity (Wildman–Crippen MR) is 152 cm³/mol. The number of fused-ring (bicyclic) bond motifs is 1. The lowest BCUT2D eigenvalue weighted by Gasteiger charge is -2.30. The van der Waals surface area contributed by atoms with Gasteiger partial charge in [-0.05, 0) is 58.6 Å². The molecule has 0 radical (unpaired) electrons. The Kier molecular flexibility index (Phi) is 7.65. The molecule has 1 aliphatic rings. The van der Waals surface area contributed by atoms with Crippen molar-refractivity contribution in [2.45, 2.75) is 64.2 Å². The number of esters is 1. The van der Waals surface area contributed by atoms with Gasteiger partial charge in [-0.15, -0.1) is 0 Å². The maximum absolute atomic E-state index is 12.8. The summed E-state index contributed by atoms with van der Waals surface area (Å²) >= 11 is 0. The van der Waals surface area contributed by atoms with E-state index in [0.29, 0.717) is 11.6 Å². The highest BCUT2D eigenvalue weighted by Gasteiger charge is 2.29. The third kappa shape index (κ3) is 6.01. The Bertz CT molecular complexity index is 1560. The molecule has 1 amide bonds. The Morgan fingerprint density at radius 1 is 1.10 bits per heavy atom. The molecule has 12 nitrogen and oxygen atoms in total. The number of hydrogen-bond donors (Lipinski definition) is 0. The molecule has 12 heteroatoms. The Morgan fingerprint density at radius 3 is 2.51 bits per heavy atom. The Morgan fingerprint density at radius 2 is 1.85 bits per heavy atom. The summed E-state index contributed by atoms with van der Waals surface area (Å²) in [5.41, 5.74) is 2.08. The number of ether oxygens (including phenoxy) is 3. The third-order valence-electron chi connectivity index (χ3n) is 7.00. The summed E-state index contributed by atoms with van der Waals surface area (Å²) in [6.45, 7) is 5.49. The molecule has 0 bridgehead atoms. The van der Waals surface area contributed by atoms with Crippen LogP contribution in [0.1, 0.15) is 63.0 Å². The zero-order valence-electron chi connectivity index (χ0n) is 24.2. The minimum atomic E-state index is -0.626. The van der Waals surface area contributed by atoms with Crippen molar-refractivity contribution >= 4 is 28.8 Å². The SMILES string of the molecule is COC(=O)c1ncccc1OC1CCC(n2nc(-c3cnn(C)c3)c3cnc(N(C)C(=O)OC(C)(C)C)cc32)CC1. The molecule has 0 atom stereocenters. The molecule has 4 heterocycles. The number of amides is 1. The van der Waals surface area contributed by atoms with Crippen molar-refractivity contribution in [1.29, 1.82) is 0 Å². The first kappa shape index (κ1) is 28.1. The number of anilines is 1. The van der Waals surface area contributed by atoms with Gasteiger partial charge in [-0.2, -0.15) is 10.2 Å². The Balaban J connectivity index is 1.42. The average Bonchev–Trinajstić information content (AvgIpc) is 3.55. The van der Waals surface area contributed by atoms with Crippen LogP contribution in [-0.4, -0.2) is 67.5 Å². The largest absolute Gasteiger partial charge is 0.488 e. The van der Waals surface area contributed by atoms with E-state index in [0.717, 1.165) is 47.8 Å². The lowest BCUT2D eigenvalue weighted by atomic mass is 9.93. The van der Waals surface area contributed by atoms with Gasteiger partial charge in [-0.25, -0.2) is 19.6 Å². The summed E-state index contributed by atoms with van der Waals surface area (Å²) in [6.07, 6.45) is 9.58. The van der Waals surface area contributed by atoms with Crippen molar-refractivity contribution in [1.82, 2.24) is 29.5 Å². The predicted octanol–water partition coefficient (Wildman–Crippen LogP) is 4.95. The second-order valence-electron chi connectivity index (χ2n) is 11.2. The lowest BCUT2D eigenvalue weighted by Crippen LogP contribution is -2.34. The molecule has 0 spiro atoms. The summed E-state index contributed by atoms with van der Waals surface area (Å²) < 4.78 is 20.4. The second kappa shape index (κ2) is 11.2. The van der Waals surface area contributed by atoms with Crippen LogP contribution in [0.3, 0.4) is 0 Å². The molecule has 5 rings (SSSR count).